The molecule has 0 unspecified atom stereocenters. The van der Waals surface area contributed by atoms with Gasteiger partial charge in [-0.1, -0.05) is 28.1 Å². The lowest BCUT2D eigenvalue weighted by Gasteiger charge is -2.30. The number of nitro groups is 1. The van der Waals surface area contributed by atoms with Gasteiger partial charge in [0.2, 0.25) is 0 Å². The summed E-state index contributed by atoms with van der Waals surface area (Å²) in [5, 5.41) is 14.5. The van der Waals surface area contributed by atoms with Crippen LogP contribution in [0, 0.1) is 10.1 Å². The maximum atomic E-state index is 12.8. The number of esters is 2. The molecule has 0 fully saturated rings. The number of nitrogens with zero attached hydrogens (tertiary/aromatic N) is 1. The standard InChI is InChI=1S/C18H18BrClN2O6/c1-10-14(17(23)27-2)15(11-4-3-5-12(8-11)22(25)26)16(13(9-19)21-10)18(24)28-7-6-20/h3-5,8,15,21H,6-7,9H2,1-2H3/t15-/m1/s1. The largest absolute Gasteiger partial charge is 0.466 e. The van der Waals surface area contributed by atoms with Crippen LogP contribution in [0.25, 0.3) is 0 Å². The Morgan fingerprint density at radius 3 is 2.61 bits per heavy atom. The van der Waals surface area contributed by atoms with Gasteiger partial charge in [-0.3, -0.25) is 10.1 Å². The minimum Gasteiger partial charge on any atom is -0.466 e. The molecule has 1 N–H and O–H groups in total. The molecule has 1 aliphatic heterocycles. The highest BCUT2D eigenvalue weighted by Gasteiger charge is 2.39. The number of halogens is 2. The molecule has 1 heterocycles. The van der Waals surface area contributed by atoms with Gasteiger partial charge in [-0.05, 0) is 12.5 Å². The number of rotatable bonds is 7. The van der Waals surface area contributed by atoms with Crippen molar-refractivity contribution in [3.05, 3.63) is 62.5 Å². The summed E-state index contributed by atoms with van der Waals surface area (Å²) in [6.07, 6.45) is 0. The third kappa shape index (κ3) is 4.53. The lowest BCUT2D eigenvalue weighted by atomic mass is 9.80. The van der Waals surface area contributed by atoms with E-state index in [0.29, 0.717) is 17.0 Å². The second-order valence-corrected chi connectivity index (χ2v) is 6.73. The minimum absolute atomic E-state index is 0.0165. The van der Waals surface area contributed by atoms with Crippen molar-refractivity contribution in [2.24, 2.45) is 0 Å². The molecular weight excluding hydrogens is 456 g/mol. The summed E-state index contributed by atoms with van der Waals surface area (Å²) in [4.78, 5) is 36.0. The quantitative estimate of drug-likeness (QED) is 0.280. The molecule has 1 aromatic carbocycles. The number of carbonyl (C=O) groups excluding carboxylic acids is 2. The first-order chi connectivity index (χ1) is 13.3. The predicted molar refractivity (Wildman–Crippen MR) is 106 cm³/mol. The normalized spacial score (nSPS) is 16.5. The van der Waals surface area contributed by atoms with E-state index in [0.717, 1.165) is 0 Å². The van der Waals surface area contributed by atoms with E-state index in [2.05, 4.69) is 21.2 Å². The number of nitrogens with one attached hydrogen (secondary N) is 1. The van der Waals surface area contributed by atoms with Crippen LogP contribution in [0.3, 0.4) is 0 Å². The molecule has 1 aromatic rings. The van der Waals surface area contributed by atoms with Crippen molar-refractivity contribution in [3.8, 4) is 0 Å². The minimum atomic E-state index is -0.899. The van der Waals surface area contributed by atoms with E-state index >= 15 is 0 Å². The molecule has 150 valence electrons. The number of dihydropyridines is 1. The molecule has 0 spiro atoms. The number of nitro benzene ring substituents is 1. The van der Waals surface area contributed by atoms with Crippen molar-refractivity contribution in [3.63, 3.8) is 0 Å². The van der Waals surface area contributed by atoms with Gasteiger partial charge in [0.25, 0.3) is 5.69 Å². The lowest BCUT2D eigenvalue weighted by Crippen LogP contribution is -2.33. The molecule has 0 bridgehead atoms. The monoisotopic (exact) mass is 472 g/mol. The first kappa shape index (κ1) is 21.9. The van der Waals surface area contributed by atoms with E-state index in [9.17, 15) is 19.7 Å². The predicted octanol–water partition coefficient (Wildman–Crippen LogP) is 3.16. The molecule has 0 radical (unpaired) electrons. The van der Waals surface area contributed by atoms with Crippen LogP contribution >= 0.6 is 27.5 Å². The number of carbonyl (C=O) groups is 2. The van der Waals surface area contributed by atoms with Crippen molar-refractivity contribution in [1.29, 1.82) is 0 Å². The third-order valence-corrected chi connectivity index (χ3v) is 4.84. The SMILES string of the molecule is COC(=O)C1=C(C)NC(CBr)=C(C(=O)OCCCl)[C@@H]1c1cccc([N+](=O)[O-])c1. The van der Waals surface area contributed by atoms with Gasteiger partial charge < -0.3 is 14.8 Å². The molecular formula is C18H18BrClN2O6. The summed E-state index contributed by atoms with van der Waals surface area (Å²) in [6.45, 7) is 1.65. The Labute approximate surface area is 174 Å². The van der Waals surface area contributed by atoms with E-state index in [4.69, 9.17) is 21.1 Å². The van der Waals surface area contributed by atoms with Crippen LogP contribution in [0.2, 0.25) is 0 Å². The summed E-state index contributed by atoms with van der Waals surface area (Å²) in [5.41, 5.74) is 1.53. The molecule has 0 amide bonds. The van der Waals surface area contributed by atoms with Crippen LogP contribution in [-0.4, -0.2) is 41.8 Å². The van der Waals surface area contributed by atoms with Gasteiger partial charge in [0.05, 0.1) is 35.0 Å². The Bertz CT molecular complexity index is 867. The highest BCUT2D eigenvalue weighted by Crippen LogP contribution is 2.40. The zero-order valence-corrected chi connectivity index (χ0v) is 17.5. The molecule has 10 heteroatoms. The lowest BCUT2D eigenvalue weighted by molar-refractivity contribution is -0.384. The number of non-ortho nitro benzene ring substituents is 1. The molecule has 28 heavy (non-hydrogen) atoms. The van der Waals surface area contributed by atoms with Gasteiger partial charge in [0.1, 0.15) is 6.61 Å². The van der Waals surface area contributed by atoms with Crippen LogP contribution in [0.1, 0.15) is 18.4 Å². The molecule has 8 nitrogen and oxygen atoms in total. The number of alkyl halides is 2. The zero-order valence-electron chi connectivity index (χ0n) is 15.2. The molecule has 0 aliphatic carbocycles. The average molecular weight is 474 g/mol. The highest BCUT2D eigenvalue weighted by atomic mass is 79.9. The van der Waals surface area contributed by atoms with E-state index in [1.807, 2.05) is 0 Å². The highest BCUT2D eigenvalue weighted by molar-refractivity contribution is 9.09. The fourth-order valence-corrected chi connectivity index (χ4v) is 3.50. The van der Waals surface area contributed by atoms with Gasteiger partial charge in [-0.2, -0.15) is 0 Å². The van der Waals surface area contributed by atoms with Gasteiger partial charge in [-0.15, -0.1) is 11.6 Å². The van der Waals surface area contributed by atoms with Crippen molar-refractivity contribution in [2.45, 2.75) is 12.8 Å². The average Bonchev–Trinajstić information content (AvgIpc) is 2.70. The number of benzene rings is 1. The third-order valence-electron chi connectivity index (χ3n) is 4.13. The van der Waals surface area contributed by atoms with Crippen LogP contribution < -0.4 is 5.32 Å². The van der Waals surface area contributed by atoms with Gasteiger partial charge in [0.15, 0.2) is 0 Å². The van der Waals surface area contributed by atoms with Crippen molar-refractivity contribution < 1.29 is 24.0 Å². The topological polar surface area (TPSA) is 108 Å². The molecule has 1 aliphatic rings. The second kappa shape index (κ2) is 9.70. The van der Waals surface area contributed by atoms with Gasteiger partial charge in [0, 0.05) is 28.9 Å². The van der Waals surface area contributed by atoms with E-state index in [1.54, 1.807) is 13.0 Å². The zero-order chi connectivity index (χ0) is 20.8. The summed E-state index contributed by atoms with van der Waals surface area (Å²) < 4.78 is 10.1. The fraction of sp³-hybridized carbons (Fsp3) is 0.333. The summed E-state index contributed by atoms with van der Waals surface area (Å²) in [5.74, 6) is -2.12. The molecule has 0 saturated heterocycles. The molecule has 0 aromatic heterocycles. The Hall–Kier alpha value is -2.39. The van der Waals surface area contributed by atoms with Crippen LogP contribution in [0.5, 0.6) is 0 Å². The maximum Gasteiger partial charge on any atom is 0.336 e. The van der Waals surface area contributed by atoms with Gasteiger partial charge in [-0.25, -0.2) is 9.59 Å². The summed E-state index contributed by atoms with van der Waals surface area (Å²) in [7, 11) is 1.22. The first-order valence-electron chi connectivity index (χ1n) is 8.18. The van der Waals surface area contributed by atoms with E-state index in [-0.39, 0.29) is 34.7 Å². The van der Waals surface area contributed by atoms with Crippen molar-refractivity contribution in [2.75, 3.05) is 24.9 Å². The van der Waals surface area contributed by atoms with Gasteiger partial charge >= 0.3 is 11.9 Å². The Morgan fingerprint density at radius 1 is 1.32 bits per heavy atom. The Balaban J connectivity index is 2.70. The second-order valence-electron chi connectivity index (χ2n) is 5.79. The number of methoxy groups -OCH3 is 1. The van der Waals surface area contributed by atoms with Crippen LogP contribution in [0.4, 0.5) is 5.69 Å². The van der Waals surface area contributed by atoms with E-state index in [1.165, 1.54) is 25.3 Å². The van der Waals surface area contributed by atoms with Crippen molar-refractivity contribution >= 4 is 45.2 Å². The number of allylic oxidation sites excluding steroid dienone is 2. The van der Waals surface area contributed by atoms with Crippen LogP contribution in [-0.2, 0) is 19.1 Å². The van der Waals surface area contributed by atoms with E-state index < -0.39 is 22.8 Å². The molecule has 2 rings (SSSR count). The Morgan fingerprint density at radius 2 is 2.04 bits per heavy atom. The number of hydrogen-bond donors (Lipinski definition) is 1. The Kier molecular flexibility index (Phi) is 7.59. The number of ether oxygens (including phenoxy) is 2. The fourth-order valence-electron chi connectivity index (χ4n) is 2.98. The number of hydrogen-bond acceptors (Lipinski definition) is 7. The van der Waals surface area contributed by atoms with Crippen molar-refractivity contribution in [1.82, 2.24) is 5.32 Å². The maximum absolute atomic E-state index is 12.8. The molecule has 0 saturated carbocycles. The summed E-state index contributed by atoms with van der Waals surface area (Å²) in [6, 6.07) is 5.77. The first-order valence-corrected chi connectivity index (χ1v) is 9.83. The molecule has 1 atom stereocenters. The smallest absolute Gasteiger partial charge is 0.336 e. The van der Waals surface area contributed by atoms with Crippen LogP contribution in [0.15, 0.2) is 46.8 Å². The summed E-state index contributed by atoms with van der Waals surface area (Å²) >= 11 is 8.94.